The van der Waals surface area contributed by atoms with Crippen LogP contribution in [0.2, 0.25) is 0 Å². The molecule has 2 atom stereocenters. The molecule has 0 radical (unpaired) electrons. The Kier molecular flexibility index (Phi) is 3.27. The Morgan fingerprint density at radius 2 is 2.07 bits per heavy atom. The molecule has 1 aromatic rings. The minimum atomic E-state index is 0.318. The van der Waals surface area contributed by atoms with Crippen LogP contribution in [0.1, 0.15) is 31.2 Å². The second-order valence-electron chi connectivity index (χ2n) is 4.20. The first-order valence-corrected chi connectivity index (χ1v) is 5.68. The van der Waals surface area contributed by atoms with Crippen molar-refractivity contribution in [1.29, 1.82) is 0 Å². The van der Waals surface area contributed by atoms with Crippen molar-refractivity contribution in [1.82, 2.24) is 0 Å². The van der Waals surface area contributed by atoms with Gasteiger partial charge in [0.25, 0.3) is 0 Å². The molecule has 0 spiro atoms. The van der Waals surface area contributed by atoms with Gasteiger partial charge >= 0.3 is 0 Å². The second kappa shape index (κ2) is 4.67. The lowest BCUT2D eigenvalue weighted by Gasteiger charge is -2.05. The van der Waals surface area contributed by atoms with Gasteiger partial charge in [0.15, 0.2) is 0 Å². The third-order valence-electron chi connectivity index (χ3n) is 2.94. The number of rotatable bonds is 5. The molecule has 0 aromatic heterocycles. The zero-order valence-electron chi connectivity index (χ0n) is 9.15. The molecule has 1 aromatic carbocycles. The van der Waals surface area contributed by atoms with Gasteiger partial charge in [0.05, 0.1) is 6.61 Å². The molecule has 1 N–H and O–H groups in total. The van der Waals surface area contributed by atoms with Gasteiger partial charge in [0, 0.05) is 6.61 Å². The predicted molar refractivity (Wildman–Crippen MR) is 60.2 cm³/mol. The van der Waals surface area contributed by atoms with E-state index in [9.17, 15) is 0 Å². The summed E-state index contributed by atoms with van der Waals surface area (Å²) in [6.45, 7) is 3.20. The minimum Gasteiger partial charge on any atom is -0.494 e. The maximum absolute atomic E-state index is 8.98. The van der Waals surface area contributed by atoms with Crippen LogP contribution >= 0.6 is 0 Å². The molecule has 0 heterocycles. The third kappa shape index (κ3) is 2.51. The highest BCUT2D eigenvalue weighted by molar-refractivity contribution is 5.32. The molecule has 1 aliphatic rings. The fraction of sp³-hybridized carbons (Fsp3) is 0.538. The molecule has 0 saturated heterocycles. The van der Waals surface area contributed by atoms with Crippen molar-refractivity contribution in [3.63, 3.8) is 0 Å². The highest BCUT2D eigenvalue weighted by Gasteiger charge is 2.37. The van der Waals surface area contributed by atoms with Gasteiger partial charge in [-0.05, 0) is 42.4 Å². The van der Waals surface area contributed by atoms with Crippen LogP contribution in [0.25, 0.3) is 0 Å². The fourth-order valence-corrected chi connectivity index (χ4v) is 1.89. The van der Waals surface area contributed by atoms with Crippen molar-refractivity contribution < 1.29 is 9.84 Å². The van der Waals surface area contributed by atoms with E-state index in [1.165, 1.54) is 5.56 Å². The van der Waals surface area contributed by atoms with Gasteiger partial charge < -0.3 is 9.84 Å². The summed E-state index contributed by atoms with van der Waals surface area (Å²) < 4.78 is 5.51. The van der Waals surface area contributed by atoms with Crippen LogP contribution in [0.5, 0.6) is 5.75 Å². The van der Waals surface area contributed by atoms with Crippen molar-refractivity contribution >= 4 is 0 Å². The molecule has 0 amide bonds. The van der Waals surface area contributed by atoms with Crippen LogP contribution in [0.15, 0.2) is 24.3 Å². The summed E-state index contributed by atoms with van der Waals surface area (Å²) >= 11 is 0. The van der Waals surface area contributed by atoms with Gasteiger partial charge in [-0.1, -0.05) is 19.1 Å². The zero-order valence-corrected chi connectivity index (χ0v) is 9.15. The predicted octanol–water partition coefficient (Wildman–Crippen LogP) is 2.57. The topological polar surface area (TPSA) is 29.5 Å². The van der Waals surface area contributed by atoms with Crippen LogP contribution in [0.4, 0.5) is 0 Å². The van der Waals surface area contributed by atoms with E-state index < -0.39 is 0 Å². The number of hydrogen-bond donors (Lipinski definition) is 1. The number of ether oxygens (including phenoxy) is 1. The number of benzene rings is 1. The van der Waals surface area contributed by atoms with Gasteiger partial charge in [-0.3, -0.25) is 0 Å². The number of aliphatic hydroxyl groups excluding tert-OH is 1. The Bertz CT molecular complexity index is 305. The van der Waals surface area contributed by atoms with Gasteiger partial charge in [0.2, 0.25) is 0 Å². The van der Waals surface area contributed by atoms with E-state index in [2.05, 4.69) is 19.1 Å². The Morgan fingerprint density at radius 3 is 2.60 bits per heavy atom. The maximum Gasteiger partial charge on any atom is 0.119 e. The van der Waals surface area contributed by atoms with E-state index in [1.54, 1.807) is 0 Å². The minimum absolute atomic E-state index is 0.318. The molecule has 15 heavy (non-hydrogen) atoms. The van der Waals surface area contributed by atoms with Crippen molar-refractivity contribution in [3.8, 4) is 5.75 Å². The summed E-state index contributed by atoms with van der Waals surface area (Å²) in [4.78, 5) is 0. The standard InChI is InChI=1S/C13H18O2/c1-2-7-15-12-5-3-10(4-6-12)13-8-11(13)9-14/h3-6,11,13-14H,2,7-9H2,1H3. The summed E-state index contributed by atoms with van der Waals surface area (Å²) in [5, 5.41) is 8.98. The average molecular weight is 206 g/mol. The Labute approximate surface area is 90.9 Å². The third-order valence-corrected chi connectivity index (χ3v) is 2.94. The van der Waals surface area contributed by atoms with Crippen LogP contribution in [0.3, 0.4) is 0 Å². The van der Waals surface area contributed by atoms with E-state index >= 15 is 0 Å². The van der Waals surface area contributed by atoms with Gasteiger partial charge in [0.1, 0.15) is 5.75 Å². The van der Waals surface area contributed by atoms with E-state index in [-0.39, 0.29) is 0 Å². The van der Waals surface area contributed by atoms with Crippen LogP contribution in [-0.4, -0.2) is 18.3 Å². The second-order valence-corrected chi connectivity index (χ2v) is 4.20. The van der Waals surface area contributed by atoms with Crippen molar-refractivity contribution in [2.75, 3.05) is 13.2 Å². The Hall–Kier alpha value is -1.02. The van der Waals surface area contributed by atoms with Gasteiger partial charge in [-0.15, -0.1) is 0 Å². The van der Waals surface area contributed by atoms with E-state index in [0.29, 0.717) is 18.4 Å². The molecule has 1 aliphatic carbocycles. The monoisotopic (exact) mass is 206 g/mol. The van der Waals surface area contributed by atoms with Crippen molar-refractivity contribution in [2.24, 2.45) is 5.92 Å². The largest absolute Gasteiger partial charge is 0.494 e. The van der Waals surface area contributed by atoms with E-state index in [4.69, 9.17) is 9.84 Å². The van der Waals surface area contributed by atoms with Crippen molar-refractivity contribution in [3.05, 3.63) is 29.8 Å². The molecule has 2 rings (SSSR count). The lowest BCUT2D eigenvalue weighted by molar-refractivity contribution is 0.274. The van der Waals surface area contributed by atoms with E-state index in [1.807, 2.05) is 12.1 Å². The molecular weight excluding hydrogens is 188 g/mol. The summed E-state index contributed by atoms with van der Waals surface area (Å²) in [6.07, 6.45) is 2.17. The summed E-state index contributed by atoms with van der Waals surface area (Å²) in [7, 11) is 0. The molecule has 0 aliphatic heterocycles. The normalized spacial score (nSPS) is 23.9. The first kappa shape index (κ1) is 10.5. The lowest BCUT2D eigenvalue weighted by Crippen LogP contribution is -1.95. The molecule has 2 nitrogen and oxygen atoms in total. The Balaban J connectivity index is 1.93. The average Bonchev–Trinajstić information content (AvgIpc) is 3.06. The van der Waals surface area contributed by atoms with Crippen LogP contribution < -0.4 is 4.74 Å². The lowest BCUT2D eigenvalue weighted by atomic mass is 10.1. The molecule has 2 heteroatoms. The summed E-state index contributed by atoms with van der Waals surface area (Å²) in [6, 6.07) is 8.28. The molecule has 0 bridgehead atoms. The van der Waals surface area contributed by atoms with Crippen LogP contribution in [-0.2, 0) is 0 Å². The summed E-state index contributed by atoms with van der Waals surface area (Å²) in [5.41, 5.74) is 1.33. The van der Waals surface area contributed by atoms with Crippen molar-refractivity contribution in [2.45, 2.75) is 25.7 Å². The fourth-order valence-electron chi connectivity index (χ4n) is 1.89. The van der Waals surface area contributed by atoms with Crippen LogP contribution in [0, 0.1) is 5.92 Å². The quantitative estimate of drug-likeness (QED) is 0.802. The maximum atomic E-state index is 8.98. The molecule has 82 valence electrons. The highest BCUT2D eigenvalue weighted by Crippen LogP contribution is 2.47. The smallest absolute Gasteiger partial charge is 0.119 e. The first-order chi connectivity index (χ1) is 7.35. The molecule has 1 saturated carbocycles. The highest BCUT2D eigenvalue weighted by atomic mass is 16.5. The summed E-state index contributed by atoms with van der Waals surface area (Å²) in [5.74, 6) is 2.02. The molecule has 2 unspecified atom stereocenters. The molecule has 1 fully saturated rings. The zero-order chi connectivity index (χ0) is 10.7. The SMILES string of the molecule is CCCOc1ccc(C2CC2CO)cc1. The first-order valence-electron chi connectivity index (χ1n) is 5.68. The van der Waals surface area contributed by atoms with E-state index in [0.717, 1.165) is 25.2 Å². The Morgan fingerprint density at radius 1 is 1.33 bits per heavy atom. The molecular formula is C13H18O2. The van der Waals surface area contributed by atoms with Gasteiger partial charge in [-0.25, -0.2) is 0 Å². The van der Waals surface area contributed by atoms with Gasteiger partial charge in [-0.2, -0.15) is 0 Å². The number of hydrogen-bond acceptors (Lipinski definition) is 2. The number of aliphatic hydroxyl groups is 1.